The second kappa shape index (κ2) is 5.35. The third kappa shape index (κ3) is 2.51. The zero-order valence-electron chi connectivity index (χ0n) is 13.0. The molecule has 0 spiro atoms. The monoisotopic (exact) mass is 295 g/mol. The number of carbonyl (C=O) groups is 1. The van der Waals surface area contributed by atoms with Crippen LogP contribution in [-0.4, -0.2) is 42.6 Å². The zero-order valence-corrected chi connectivity index (χ0v) is 13.0. The molecule has 1 aliphatic heterocycles. The number of benzene rings is 1. The van der Waals surface area contributed by atoms with Gasteiger partial charge in [-0.2, -0.15) is 4.59 Å². The van der Waals surface area contributed by atoms with Crippen molar-refractivity contribution in [3.8, 4) is 0 Å². The molecular formula is C17H19N4O+. The van der Waals surface area contributed by atoms with Crippen LogP contribution >= 0.6 is 0 Å². The van der Waals surface area contributed by atoms with Crippen molar-refractivity contribution in [3.05, 3.63) is 59.9 Å². The Morgan fingerprint density at radius 1 is 1.14 bits per heavy atom. The van der Waals surface area contributed by atoms with Gasteiger partial charge in [0.15, 0.2) is 11.4 Å². The summed E-state index contributed by atoms with van der Waals surface area (Å²) in [4.78, 5) is 18.5. The van der Waals surface area contributed by atoms with Gasteiger partial charge in [-0.05, 0) is 23.8 Å². The molecule has 0 saturated heterocycles. The zero-order chi connectivity index (χ0) is 15.7. The molecule has 1 amide bonds. The third-order valence-electron chi connectivity index (χ3n) is 3.82. The summed E-state index contributed by atoms with van der Waals surface area (Å²) in [6.07, 6.45) is 3.46. The molecule has 22 heavy (non-hydrogen) atoms. The van der Waals surface area contributed by atoms with Crippen LogP contribution in [0.25, 0.3) is 0 Å². The Bertz CT molecular complexity index is 737. The van der Waals surface area contributed by atoms with Crippen LogP contribution in [0, 0.1) is 0 Å². The third-order valence-corrected chi connectivity index (χ3v) is 3.82. The Morgan fingerprint density at radius 2 is 1.82 bits per heavy atom. The highest BCUT2D eigenvalue weighted by Crippen LogP contribution is 2.32. The molecule has 0 N–H and O–H groups in total. The smallest absolute Gasteiger partial charge is 0.278 e. The van der Waals surface area contributed by atoms with Crippen LogP contribution in [0.2, 0.25) is 0 Å². The fourth-order valence-corrected chi connectivity index (χ4v) is 2.68. The van der Waals surface area contributed by atoms with E-state index in [2.05, 4.69) is 10.1 Å². The van der Waals surface area contributed by atoms with Gasteiger partial charge in [0, 0.05) is 32.1 Å². The Morgan fingerprint density at radius 3 is 2.55 bits per heavy atom. The molecule has 0 unspecified atom stereocenters. The van der Waals surface area contributed by atoms with Crippen LogP contribution in [0.3, 0.4) is 0 Å². The number of nitrogens with zero attached hydrogens (tertiary/aromatic N) is 4. The van der Waals surface area contributed by atoms with Gasteiger partial charge in [0.2, 0.25) is 0 Å². The number of para-hydroxylation sites is 1. The van der Waals surface area contributed by atoms with Gasteiger partial charge in [0.25, 0.3) is 5.91 Å². The van der Waals surface area contributed by atoms with E-state index in [0.29, 0.717) is 16.8 Å². The minimum Gasteiger partial charge on any atom is -0.336 e. The number of pyridine rings is 1. The molecule has 3 rings (SSSR count). The number of hydrogen-bond donors (Lipinski definition) is 0. The van der Waals surface area contributed by atoms with Gasteiger partial charge in [-0.15, -0.1) is 0 Å². The number of fused-ring (bicyclic) bond motifs is 1. The van der Waals surface area contributed by atoms with Gasteiger partial charge in [0.05, 0.1) is 19.7 Å². The summed E-state index contributed by atoms with van der Waals surface area (Å²) in [5, 5.41) is 4.60. The minimum atomic E-state index is -0.0621. The summed E-state index contributed by atoms with van der Waals surface area (Å²) in [6.45, 7) is 0.538. The summed E-state index contributed by atoms with van der Waals surface area (Å²) in [5.74, 6) is -0.0621. The van der Waals surface area contributed by atoms with Gasteiger partial charge < -0.3 is 4.90 Å². The highest BCUT2D eigenvalue weighted by molar-refractivity contribution is 6.47. The number of rotatable bonds is 3. The summed E-state index contributed by atoms with van der Waals surface area (Å²) >= 11 is 0. The molecule has 0 saturated carbocycles. The van der Waals surface area contributed by atoms with Gasteiger partial charge in [-0.3, -0.25) is 9.78 Å². The molecule has 0 aliphatic carbocycles. The van der Waals surface area contributed by atoms with E-state index in [-0.39, 0.29) is 5.91 Å². The molecule has 0 radical (unpaired) electrons. The lowest BCUT2D eigenvalue weighted by Gasteiger charge is -2.17. The van der Waals surface area contributed by atoms with Crippen molar-refractivity contribution in [3.63, 3.8) is 0 Å². The lowest BCUT2D eigenvalue weighted by molar-refractivity contribution is -0.123. The van der Waals surface area contributed by atoms with Crippen LogP contribution in [0.4, 0.5) is 5.69 Å². The van der Waals surface area contributed by atoms with Crippen LogP contribution in [0.15, 0.2) is 53.9 Å². The van der Waals surface area contributed by atoms with E-state index < -0.39 is 0 Å². The van der Waals surface area contributed by atoms with Crippen LogP contribution in [0.5, 0.6) is 0 Å². The van der Waals surface area contributed by atoms with E-state index in [0.717, 1.165) is 16.8 Å². The standard InChI is InChI=1S/C17H19N4O/c1-20(12-13-8-10-18-11-9-13)17(22)16-14-6-4-5-7-15(14)21(2,3)19-16/h4-11H,12H2,1-3H3/q+1. The van der Waals surface area contributed by atoms with Gasteiger partial charge in [-0.1, -0.05) is 17.2 Å². The molecule has 1 aromatic carbocycles. The highest BCUT2D eigenvalue weighted by atomic mass is 16.2. The van der Waals surface area contributed by atoms with Crippen LogP contribution in [0.1, 0.15) is 11.1 Å². The fourth-order valence-electron chi connectivity index (χ4n) is 2.68. The number of quaternary nitrogens is 1. The van der Waals surface area contributed by atoms with Gasteiger partial charge >= 0.3 is 0 Å². The van der Waals surface area contributed by atoms with E-state index in [1.807, 2.05) is 50.5 Å². The molecule has 0 bridgehead atoms. The van der Waals surface area contributed by atoms with E-state index in [9.17, 15) is 4.79 Å². The predicted octanol–water partition coefficient (Wildman–Crippen LogP) is 2.02. The lowest BCUT2D eigenvalue weighted by atomic mass is 10.1. The molecule has 5 heteroatoms. The van der Waals surface area contributed by atoms with Crippen LogP contribution < -0.4 is 4.59 Å². The first-order valence-electron chi connectivity index (χ1n) is 7.17. The Kier molecular flexibility index (Phi) is 3.50. The second-order valence-corrected chi connectivity index (χ2v) is 5.88. The minimum absolute atomic E-state index is 0.0621. The molecule has 0 fully saturated rings. The van der Waals surface area contributed by atoms with Gasteiger partial charge in [-0.25, -0.2) is 0 Å². The van der Waals surface area contributed by atoms with Crippen molar-refractivity contribution in [1.29, 1.82) is 0 Å². The largest absolute Gasteiger partial charge is 0.336 e. The average molecular weight is 295 g/mol. The number of carbonyl (C=O) groups excluding carboxylic acids is 1. The maximum Gasteiger partial charge on any atom is 0.278 e. The fraction of sp³-hybridized carbons (Fsp3) is 0.235. The average Bonchev–Trinajstić information content (AvgIpc) is 2.80. The Balaban J connectivity index is 1.87. The predicted molar refractivity (Wildman–Crippen MR) is 87.3 cm³/mol. The van der Waals surface area contributed by atoms with Crippen molar-refractivity contribution in [2.45, 2.75) is 6.54 Å². The summed E-state index contributed by atoms with van der Waals surface area (Å²) in [5.41, 5.74) is 3.53. The number of hydrogen-bond acceptors (Lipinski definition) is 3. The molecule has 112 valence electrons. The van der Waals surface area contributed by atoms with Crippen molar-refractivity contribution >= 4 is 17.3 Å². The Labute approximate surface area is 130 Å². The Hall–Kier alpha value is -2.53. The first kappa shape index (κ1) is 14.4. The molecule has 1 aliphatic rings. The number of aromatic nitrogens is 1. The molecule has 2 aromatic rings. The molecule has 0 atom stereocenters. The van der Waals surface area contributed by atoms with Gasteiger partial charge in [0.1, 0.15) is 0 Å². The second-order valence-electron chi connectivity index (χ2n) is 5.88. The summed E-state index contributed by atoms with van der Waals surface area (Å²) in [6, 6.07) is 11.7. The lowest BCUT2D eigenvalue weighted by Crippen LogP contribution is -2.34. The highest BCUT2D eigenvalue weighted by Gasteiger charge is 2.37. The van der Waals surface area contributed by atoms with E-state index >= 15 is 0 Å². The van der Waals surface area contributed by atoms with Crippen molar-refractivity contribution in [1.82, 2.24) is 14.5 Å². The van der Waals surface area contributed by atoms with Crippen LogP contribution in [-0.2, 0) is 11.3 Å². The SMILES string of the molecule is CN(Cc1ccncc1)C(=O)C1=N[N+](C)(C)c2ccccc21. The molecule has 2 heterocycles. The van der Waals surface area contributed by atoms with E-state index in [4.69, 9.17) is 0 Å². The van der Waals surface area contributed by atoms with Crippen molar-refractivity contribution in [2.24, 2.45) is 5.10 Å². The summed E-state index contributed by atoms with van der Waals surface area (Å²) < 4.78 is 0.348. The number of amides is 1. The molecule has 1 aromatic heterocycles. The molecule has 5 nitrogen and oxygen atoms in total. The maximum atomic E-state index is 12.8. The normalized spacial score (nSPS) is 15.1. The van der Waals surface area contributed by atoms with E-state index in [1.54, 1.807) is 24.3 Å². The topological polar surface area (TPSA) is 45.6 Å². The quantitative estimate of drug-likeness (QED) is 0.813. The number of likely N-dealkylation sites (N-methyl/N-ethyl adjacent to an activating group) is 1. The maximum absolute atomic E-state index is 12.8. The van der Waals surface area contributed by atoms with Crippen molar-refractivity contribution in [2.75, 3.05) is 21.1 Å². The molecular weight excluding hydrogens is 276 g/mol. The first-order valence-corrected chi connectivity index (χ1v) is 7.17. The van der Waals surface area contributed by atoms with Crippen molar-refractivity contribution < 1.29 is 4.79 Å². The van der Waals surface area contributed by atoms with E-state index in [1.165, 1.54) is 0 Å². The first-order chi connectivity index (χ1) is 10.5. The summed E-state index contributed by atoms with van der Waals surface area (Å²) in [7, 11) is 5.75.